The highest BCUT2D eigenvalue weighted by atomic mass is 35.5. The second-order valence-corrected chi connectivity index (χ2v) is 10.4. The van der Waals surface area contributed by atoms with Gasteiger partial charge in [0.25, 0.3) is 5.91 Å². The summed E-state index contributed by atoms with van der Waals surface area (Å²) < 4.78 is 12.0. The van der Waals surface area contributed by atoms with Crippen molar-refractivity contribution >= 4 is 68.6 Å². The van der Waals surface area contributed by atoms with Crippen molar-refractivity contribution < 1.29 is 14.3 Å². The minimum Gasteiger partial charge on any atom is -0.490 e. The first-order chi connectivity index (χ1) is 18.4. The standard InChI is InChI=1S/C30H24Cl2N2O3S/c1-3-36-26-15-20(16-27-29(35)34-30(38-27)33-25-10-6-9-23(31)18(25)2)14-24(32)28(26)37-17-19-11-12-21-7-4-5-8-22(21)13-19/h4-16H,3,17H2,1-2H3,(H,33,34,35)/b27-16+. The molecule has 0 spiro atoms. The molecule has 1 N–H and O–H groups in total. The fourth-order valence-electron chi connectivity index (χ4n) is 4.02. The van der Waals surface area contributed by atoms with E-state index in [0.29, 0.717) is 56.1 Å². The molecule has 1 amide bonds. The molecule has 5 nitrogen and oxygen atoms in total. The van der Waals surface area contributed by atoms with Crippen LogP contribution in [0.15, 0.2) is 82.7 Å². The van der Waals surface area contributed by atoms with Gasteiger partial charge in [0.05, 0.1) is 22.2 Å². The summed E-state index contributed by atoms with van der Waals surface area (Å²) in [6, 6.07) is 23.5. The Hall–Kier alpha value is -3.45. The Kier molecular flexibility index (Phi) is 7.93. The average Bonchev–Trinajstić information content (AvgIpc) is 3.24. The molecule has 5 rings (SSSR count). The highest BCUT2D eigenvalue weighted by molar-refractivity contribution is 8.18. The summed E-state index contributed by atoms with van der Waals surface area (Å²) in [6.45, 7) is 4.56. The molecular weight excluding hydrogens is 539 g/mol. The quantitative estimate of drug-likeness (QED) is 0.230. The molecule has 4 aromatic rings. The van der Waals surface area contributed by atoms with E-state index in [-0.39, 0.29) is 5.91 Å². The number of carbonyl (C=O) groups excluding carboxylic acids is 1. The number of amides is 1. The molecule has 1 fully saturated rings. The highest BCUT2D eigenvalue weighted by Crippen LogP contribution is 2.39. The van der Waals surface area contributed by atoms with Crippen molar-refractivity contribution in [1.82, 2.24) is 5.32 Å². The highest BCUT2D eigenvalue weighted by Gasteiger charge is 2.24. The lowest BCUT2D eigenvalue weighted by molar-refractivity contribution is -0.115. The minimum atomic E-state index is -0.237. The number of amidine groups is 1. The molecule has 1 aliphatic rings. The largest absolute Gasteiger partial charge is 0.490 e. The summed E-state index contributed by atoms with van der Waals surface area (Å²) in [7, 11) is 0. The lowest BCUT2D eigenvalue weighted by Gasteiger charge is -2.15. The molecule has 0 atom stereocenters. The van der Waals surface area contributed by atoms with E-state index in [1.807, 2.05) is 50.2 Å². The normalized spacial score (nSPS) is 15.3. The number of rotatable bonds is 7. The minimum absolute atomic E-state index is 0.237. The third-order valence-electron chi connectivity index (χ3n) is 5.94. The molecule has 1 saturated heterocycles. The van der Waals surface area contributed by atoms with Crippen LogP contribution in [0, 0.1) is 6.92 Å². The lowest BCUT2D eigenvalue weighted by atomic mass is 10.1. The first-order valence-electron chi connectivity index (χ1n) is 12.0. The maximum atomic E-state index is 12.7. The molecule has 0 unspecified atom stereocenters. The SMILES string of the molecule is CCOc1cc(/C=C2/SC(=Nc3cccc(Cl)c3C)NC2=O)cc(Cl)c1OCc1ccc2ccccc2c1. The number of ether oxygens (including phenoxy) is 2. The first kappa shape index (κ1) is 26.2. The summed E-state index contributed by atoms with van der Waals surface area (Å²) in [5.74, 6) is 0.740. The molecule has 38 heavy (non-hydrogen) atoms. The molecule has 192 valence electrons. The van der Waals surface area contributed by atoms with Crippen LogP contribution in [0.3, 0.4) is 0 Å². The van der Waals surface area contributed by atoms with Gasteiger partial charge in [0.15, 0.2) is 16.7 Å². The van der Waals surface area contributed by atoms with E-state index in [0.717, 1.165) is 16.5 Å². The van der Waals surface area contributed by atoms with E-state index < -0.39 is 0 Å². The number of nitrogens with zero attached hydrogens (tertiary/aromatic N) is 1. The molecule has 1 heterocycles. The predicted octanol–water partition coefficient (Wildman–Crippen LogP) is 8.32. The van der Waals surface area contributed by atoms with Crippen molar-refractivity contribution in [2.45, 2.75) is 20.5 Å². The molecule has 0 saturated carbocycles. The molecular formula is C30H24Cl2N2O3S. The number of nitrogens with one attached hydrogen (secondary N) is 1. The van der Waals surface area contributed by atoms with Gasteiger partial charge in [-0.2, -0.15) is 0 Å². The number of carbonyl (C=O) groups is 1. The van der Waals surface area contributed by atoms with Gasteiger partial charge in [0.1, 0.15) is 6.61 Å². The van der Waals surface area contributed by atoms with Crippen molar-refractivity contribution in [1.29, 1.82) is 0 Å². The van der Waals surface area contributed by atoms with E-state index in [2.05, 4.69) is 34.6 Å². The smallest absolute Gasteiger partial charge is 0.264 e. The molecule has 0 bridgehead atoms. The topological polar surface area (TPSA) is 59.9 Å². The Morgan fingerprint density at radius 3 is 2.58 bits per heavy atom. The summed E-state index contributed by atoms with van der Waals surface area (Å²) >= 11 is 14.1. The fraction of sp³-hybridized carbons (Fsp3) is 0.133. The van der Waals surface area contributed by atoms with Crippen LogP contribution >= 0.6 is 35.0 Å². The average molecular weight is 564 g/mol. The predicted molar refractivity (Wildman–Crippen MR) is 158 cm³/mol. The zero-order valence-corrected chi connectivity index (χ0v) is 23.1. The third kappa shape index (κ3) is 5.83. The Morgan fingerprint density at radius 1 is 0.947 bits per heavy atom. The Balaban J connectivity index is 1.37. The number of aliphatic imine (C=N–C) groups is 1. The molecule has 0 radical (unpaired) electrons. The molecule has 0 aliphatic carbocycles. The molecule has 4 aromatic carbocycles. The Morgan fingerprint density at radius 2 is 1.76 bits per heavy atom. The van der Waals surface area contributed by atoms with E-state index >= 15 is 0 Å². The zero-order valence-electron chi connectivity index (χ0n) is 20.8. The Bertz CT molecular complexity index is 1600. The van der Waals surface area contributed by atoms with Gasteiger partial charge in [-0.15, -0.1) is 0 Å². The van der Waals surface area contributed by atoms with Gasteiger partial charge in [0, 0.05) is 5.02 Å². The molecule has 1 aliphatic heterocycles. The monoisotopic (exact) mass is 562 g/mol. The number of hydrogen-bond acceptors (Lipinski definition) is 5. The van der Waals surface area contributed by atoms with Crippen LogP contribution in [0.25, 0.3) is 16.8 Å². The summed E-state index contributed by atoms with van der Waals surface area (Å²) in [4.78, 5) is 17.7. The molecule has 0 aromatic heterocycles. The van der Waals surface area contributed by atoms with Gasteiger partial charge in [-0.3, -0.25) is 4.79 Å². The van der Waals surface area contributed by atoms with E-state index in [1.54, 1.807) is 18.2 Å². The third-order valence-corrected chi connectivity index (χ3v) is 7.54. The summed E-state index contributed by atoms with van der Waals surface area (Å²) in [6.07, 6.45) is 1.76. The van der Waals surface area contributed by atoms with Crippen LogP contribution in [0.2, 0.25) is 10.0 Å². The van der Waals surface area contributed by atoms with Crippen LogP contribution in [0.4, 0.5) is 5.69 Å². The van der Waals surface area contributed by atoms with Crippen LogP contribution in [-0.4, -0.2) is 17.7 Å². The lowest BCUT2D eigenvalue weighted by Crippen LogP contribution is -2.19. The van der Waals surface area contributed by atoms with Gasteiger partial charge in [0.2, 0.25) is 0 Å². The number of hydrogen-bond donors (Lipinski definition) is 1. The van der Waals surface area contributed by atoms with Gasteiger partial charge in [-0.05, 0) is 89.5 Å². The Labute approximate surface area is 235 Å². The molecule has 8 heteroatoms. The van der Waals surface area contributed by atoms with Crippen LogP contribution in [-0.2, 0) is 11.4 Å². The van der Waals surface area contributed by atoms with Gasteiger partial charge in [-0.1, -0.05) is 65.7 Å². The van der Waals surface area contributed by atoms with Crippen molar-refractivity contribution in [3.63, 3.8) is 0 Å². The summed E-state index contributed by atoms with van der Waals surface area (Å²) in [5.41, 5.74) is 3.29. The van der Waals surface area contributed by atoms with Crippen LogP contribution in [0.1, 0.15) is 23.6 Å². The van der Waals surface area contributed by atoms with E-state index in [1.165, 1.54) is 17.1 Å². The first-order valence-corrected chi connectivity index (χ1v) is 13.6. The van der Waals surface area contributed by atoms with Gasteiger partial charge < -0.3 is 14.8 Å². The van der Waals surface area contributed by atoms with Crippen molar-refractivity contribution in [2.75, 3.05) is 6.61 Å². The van der Waals surface area contributed by atoms with E-state index in [9.17, 15) is 4.79 Å². The van der Waals surface area contributed by atoms with E-state index in [4.69, 9.17) is 32.7 Å². The number of halogens is 2. The van der Waals surface area contributed by atoms with Crippen molar-refractivity contribution in [2.24, 2.45) is 4.99 Å². The zero-order chi connectivity index (χ0) is 26.6. The van der Waals surface area contributed by atoms with Crippen LogP contribution < -0.4 is 14.8 Å². The maximum absolute atomic E-state index is 12.7. The second kappa shape index (κ2) is 11.5. The van der Waals surface area contributed by atoms with Crippen molar-refractivity contribution in [3.05, 3.63) is 104 Å². The van der Waals surface area contributed by atoms with Crippen LogP contribution in [0.5, 0.6) is 11.5 Å². The van der Waals surface area contributed by atoms with Gasteiger partial charge >= 0.3 is 0 Å². The van der Waals surface area contributed by atoms with Gasteiger partial charge in [-0.25, -0.2) is 4.99 Å². The fourth-order valence-corrected chi connectivity index (χ4v) is 5.29. The second-order valence-electron chi connectivity index (χ2n) is 8.60. The number of thioether (sulfide) groups is 1. The summed E-state index contributed by atoms with van der Waals surface area (Å²) in [5, 5.41) is 6.63. The number of fused-ring (bicyclic) bond motifs is 1. The number of benzene rings is 4. The maximum Gasteiger partial charge on any atom is 0.264 e. The van der Waals surface area contributed by atoms with Crippen molar-refractivity contribution in [3.8, 4) is 11.5 Å².